The molecule has 0 saturated heterocycles. The summed E-state index contributed by atoms with van der Waals surface area (Å²) in [6.45, 7) is 7.26. The van der Waals surface area contributed by atoms with Crippen molar-refractivity contribution < 1.29 is 4.74 Å². The maximum absolute atomic E-state index is 5.52. The average Bonchev–Trinajstić information content (AvgIpc) is 2.89. The van der Waals surface area contributed by atoms with Crippen LogP contribution >= 0.6 is 22.6 Å². The van der Waals surface area contributed by atoms with Crippen LogP contribution in [0, 0.1) is 3.57 Å². The van der Waals surface area contributed by atoms with E-state index in [9.17, 15) is 0 Å². The van der Waals surface area contributed by atoms with E-state index in [1.54, 1.807) is 13.3 Å². The Morgan fingerprint density at radius 2 is 1.95 bits per heavy atom. The fraction of sp³-hybridized carbons (Fsp3) is 0.438. The quantitative estimate of drug-likeness (QED) is 0.752. The molecule has 0 spiro atoms. The van der Waals surface area contributed by atoms with Crippen molar-refractivity contribution >= 4 is 22.6 Å². The molecule has 0 fully saturated rings. The molecule has 2 aromatic rings. The molecule has 1 unspecified atom stereocenters. The monoisotopic (exact) mass is 399 g/mol. The zero-order valence-electron chi connectivity index (χ0n) is 12.9. The van der Waals surface area contributed by atoms with E-state index in [0.717, 1.165) is 18.0 Å². The second-order valence-corrected chi connectivity index (χ2v) is 6.42. The Bertz CT molecular complexity index is 578. The molecule has 4 nitrogen and oxygen atoms in total. The van der Waals surface area contributed by atoms with Crippen LogP contribution in [0.15, 0.2) is 30.5 Å². The molecular formula is C16H22IN3O. The fourth-order valence-corrected chi connectivity index (χ4v) is 2.79. The van der Waals surface area contributed by atoms with E-state index in [-0.39, 0.29) is 12.1 Å². The van der Waals surface area contributed by atoms with Gasteiger partial charge >= 0.3 is 0 Å². The van der Waals surface area contributed by atoms with Gasteiger partial charge < -0.3 is 10.1 Å². The second kappa shape index (κ2) is 7.26. The molecule has 0 radical (unpaired) electrons. The molecule has 0 bridgehead atoms. The molecule has 0 amide bonds. The Kier molecular flexibility index (Phi) is 5.64. The number of nitrogens with one attached hydrogen (secondary N) is 1. The van der Waals surface area contributed by atoms with Gasteiger partial charge in [0.25, 0.3) is 0 Å². The number of hydrogen-bond acceptors (Lipinski definition) is 3. The van der Waals surface area contributed by atoms with Gasteiger partial charge in [-0.1, -0.05) is 19.1 Å². The minimum absolute atomic E-state index is 0.0758. The van der Waals surface area contributed by atoms with Crippen molar-refractivity contribution in [3.8, 4) is 5.75 Å². The second-order valence-electron chi connectivity index (χ2n) is 5.18. The summed E-state index contributed by atoms with van der Waals surface area (Å²) in [6, 6.07) is 8.94. The SMILES string of the molecule is CCNC(c1ccc(I)cc1)c1c(OC)cnn1C(C)C. The Morgan fingerprint density at radius 1 is 1.29 bits per heavy atom. The topological polar surface area (TPSA) is 39.1 Å². The van der Waals surface area contributed by atoms with Gasteiger partial charge in [0.15, 0.2) is 5.75 Å². The van der Waals surface area contributed by atoms with Crippen molar-refractivity contribution in [2.75, 3.05) is 13.7 Å². The Balaban J connectivity index is 2.51. The zero-order chi connectivity index (χ0) is 15.4. The van der Waals surface area contributed by atoms with Crippen LogP contribution in [-0.4, -0.2) is 23.4 Å². The van der Waals surface area contributed by atoms with Crippen molar-refractivity contribution in [3.05, 3.63) is 45.3 Å². The predicted molar refractivity (Wildman–Crippen MR) is 93.8 cm³/mol. The molecule has 5 heteroatoms. The number of aromatic nitrogens is 2. The Labute approximate surface area is 140 Å². The van der Waals surface area contributed by atoms with E-state index in [4.69, 9.17) is 4.74 Å². The minimum atomic E-state index is 0.0758. The van der Waals surface area contributed by atoms with E-state index >= 15 is 0 Å². The Morgan fingerprint density at radius 3 is 2.48 bits per heavy atom. The van der Waals surface area contributed by atoms with E-state index in [1.807, 2.05) is 4.68 Å². The summed E-state index contributed by atoms with van der Waals surface area (Å²) < 4.78 is 8.79. The summed E-state index contributed by atoms with van der Waals surface area (Å²) in [5.74, 6) is 0.827. The van der Waals surface area contributed by atoms with Crippen LogP contribution in [0.3, 0.4) is 0 Å². The number of halogens is 1. The molecule has 1 heterocycles. The van der Waals surface area contributed by atoms with Gasteiger partial charge in [-0.2, -0.15) is 5.10 Å². The molecule has 114 valence electrons. The summed E-state index contributed by atoms with van der Waals surface area (Å²) in [5, 5.41) is 8.03. The van der Waals surface area contributed by atoms with Crippen molar-refractivity contribution in [1.29, 1.82) is 0 Å². The van der Waals surface area contributed by atoms with Gasteiger partial charge in [-0.05, 0) is 60.7 Å². The molecule has 1 atom stereocenters. The highest BCUT2D eigenvalue weighted by atomic mass is 127. The lowest BCUT2D eigenvalue weighted by molar-refractivity contribution is 0.394. The molecule has 1 N–H and O–H groups in total. The summed E-state index contributed by atoms with van der Waals surface area (Å²) in [7, 11) is 1.70. The van der Waals surface area contributed by atoms with Crippen LogP contribution in [0.25, 0.3) is 0 Å². The fourth-order valence-electron chi connectivity index (χ4n) is 2.43. The molecule has 0 aliphatic heterocycles. The third-order valence-corrected chi connectivity index (χ3v) is 4.11. The van der Waals surface area contributed by atoms with Crippen LogP contribution in [0.1, 0.15) is 44.1 Å². The van der Waals surface area contributed by atoms with Crippen molar-refractivity contribution in [3.63, 3.8) is 0 Å². The first kappa shape index (κ1) is 16.3. The highest BCUT2D eigenvalue weighted by Gasteiger charge is 2.24. The van der Waals surface area contributed by atoms with Gasteiger partial charge in [0, 0.05) is 9.61 Å². The predicted octanol–water partition coefficient (Wildman–Crippen LogP) is 3.78. The number of hydrogen-bond donors (Lipinski definition) is 1. The summed E-state index contributed by atoms with van der Waals surface area (Å²) in [5.41, 5.74) is 2.30. The van der Waals surface area contributed by atoms with E-state index < -0.39 is 0 Å². The third-order valence-electron chi connectivity index (χ3n) is 3.39. The lowest BCUT2D eigenvalue weighted by Crippen LogP contribution is -2.26. The molecule has 0 saturated carbocycles. The standard InChI is InChI=1S/C16H22IN3O/c1-5-18-15(12-6-8-13(17)9-7-12)16-14(21-4)10-19-20(16)11(2)3/h6-11,15,18H,5H2,1-4H3. The molecule has 0 aliphatic rings. The average molecular weight is 399 g/mol. The largest absolute Gasteiger partial charge is 0.493 e. The van der Waals surface area contributed by atoms with Crippen molar-refractivity contribution in [1.82, 2.24) is 15.1 Å². The highest BCUT2D eigenvalue weighted by Crippen LogP contribution is 2.32. The van der Waals surface area contributed by atoms with Gasteiger partial charge in [-0.3, -0.25) is 4.68 Å². The zero-order valence-corrected chi connectivity index (χ0v) is 15.1. The highest BCUT2D eigenvalue weighted by molar-refractivity contribution is 14.1. The lowest BCUT2D eigenvalue weighted by Gasteiger charge is -2.22. The normalized spacial score (nSPS) is 12.7. The van der Waals surface area contributed by atoms with E-state index in [0.29, 0.717) is 0 Å². The summed E-state index contributed by atoms with van der Waals surface area (Å²) in [4.78, 5) is 0. The van der Waals surface area contributed by atoms with Gasteiger partial charge in [0.1, 0.15) is 5.69 Å². The van der Waals surface area contributed by atoms with Gasteiger partial charge in [-0.15, -0.1) is 0 Å². The van der Waals surface area contributed by atoms with E-state index in [1.165, 1.54) is 9.13 Å². The number of benzene rings is 1. The van der Waals surface area contributed by atoms with Gasteiger partial charge in [0.2, 0.25) is 0 Å². The molecule has 21 heavy (non-hydrogen) atoms. The first-order valence-corrected chi connectivity index (χ1v) is 8.26. The van der Waals surface area contributed by atoms with Crippen molar-refractivity contribution in [2.45, 2.75) is 32.9 Å². The summed E-state index contributed by atoms with van der Waals surface area (Å²) in [6.07, 6.45) is 1.80. The Hall–Kier alpha value is -1.08. The molecule has 1 aromatic heterocycles. The summed E-state index contributed by atoms with van der Waals surface area (Å²) >= 11 is 2.32. The number of methoxy groups -OCH3 is 1. The van der Waals surface area contributed by atoms with Crippen LogP contribution in [0.4, 0.5) is 0 Å². The van der Waals surface area contributed by atoms with E-state index in [2.05, 4.69) is 78.0 Å². The first-order chi connectivity index (χ1) is 10.1. The number of rotatable bonds is 6. The third kappa shape index (κ3) is 3.58. The maximum atomic E-state index is 5.52. The minimum Gasteiger partial charge on any atom is -0.493 e. The molecule has 2 rings (SSSR count). The first-order valence-electron chi connectivity index (χ1n) is 7.18. The van der Waals surface area contributed by atoms with Gasteiger partial charge in [-0.25, -0.2) is 0 Å². The van der Waals surface area contributed by atoms with Crippen LogP contribution in [0.2, 0.25) is 0 Å². The molecule has 1 aromatic carbocycles. The van der Waals surface area contributed by atoms with Crippen LogP contribution in [0.5, 0.6) is 5.75 Å². The molecular weight excluding hydrogens is 377 g/mol. The van der Waals surface area contributed by atoms with Gasteiger partial charge in [0.05, 0.1) is 19.3 Å². The number of nitrogens with zero attached hydrogens (tertiary/aromatic N) is 2. The van der Waals surface area contributed by atoms with Crippen molar-refractivity contribution in [2.24, 2.45) is 0 Å². The lowest BCUT2D eigenvalue weighted by atomic mass is 10.0. The smallest absolute Gasteiger partial charge is 0.161 e. The molecule has 0 aliphatic carbocycles. The van der Waals surface area contributed by atoms with Crippen LogP contribution in [-0.2, 0) is 0 Å². The maximum Gasteiger partial charge on any atom is 0.161 e. The number of ether oxygens (including phenoxy) is 1. The van der Waals surface area contributed by atoms with Crippen LogP contribution < -0.4 is 10.1 Å².